The number of benzene rings is 10. The molecule has 0 amide bonds. The Balaban J connectivity index is 0.986. The van der Waals surface area contributed by atoms with Crippen LogP contribution in [0, 0.1) is 0 Å². The molecule has 0 aliphatic carbocycles. The van der Waals surface area contributed by atoms with Crippen molar-refractivity contribution < 1.29 is 4.42 Å². The molecular formula is C58H36N2O. The van der Waals surface area contributed by atoms with E-state index in [-0.39, 0.29) is 0 Å². The first kappa shape index (κ1) is 34.9. The zero-order valence-electron chi connectivity index (χ0n) is 33.1. The van der Waals surface area contributed by atoms with Gasteiger partial charge in [-0.3, -0.25) is 0 Å². The molecule has 0 radical (unpaired) electrons. The fourth-order valence-electron chi connectivity index (χ4n) is 9.21. The van der Waals surface area contributed by atoms with Gasteiger partial charge in [-0.15, -0.1) is 0 Å². The molecule has 0 aliphatic heterocycles. The summed E-state index contributed by atoms with van der Waals surface area (Å²) in [4.78, 5) is 10.1. The van der Waals surface area contributed by atoms with E-state index in [0.717, 1.165) is 66.7 Å². The number of fused-ring (bicyclic) bond motifs is 9. The van der Waals surface area contributed by atoms with Crippen molar-refractivity contribution in [1.29, 1.82) is 0 Å². The van der Waals surface area contributed by atoms with Crippen molar-refractivity contribution in [3.63, 3.8) is 0 Å². The third-order valence-electron chi connectivity index (χ3n) is 12.1. The largest absolute Gasteiger partial charge is 0.456 e. The minimum atomic E-state index is 0.698. The molecule has 0 atom stereocenters. The summed E-state index contributed by atoms with van der Waals surface area (Å²) in [7, 11) is 0. The Hall–Kier alpha value is -8.14. The third kappa shape index (κ3) is 5.98. The summed E-state index contributed by atoms with van der Waals surface area (Å²) in [6.45, 7) is 0. The fourth-order valence-corrected chi connectivity index (χ4v) is 9.21. The molecule has 12 aromatic rings. The van der Waals surface area contributed by atoms with E-state index in [2.05, 4.69) is 182 Å². The predicted molar refractivity (Wildman–Crippen MR) is 254 cm³/mol. The van der Waals surface area contributed by atoms with Crippen molar-refractivity contribution >= 4 is 54.3 Å². The first-order chi connectivity index (χ1) is 30.2. The molecule has 0 saturated carbocycles. The van der Waals surface area contributed by atoms with Gasteiger partial charge >= 0.3 is 0 Å². The molecular weight excluding hydrogens is 741 g/mol. The second-order valence-corrected chi connectivity index (χ2v) is 15.7. The van der Waals surface area contributed by atoms with Gasteiger partial charge in [0.05, 0.1) is 11.4 Å². The van der Waals surface area contributed by atoms with E-state index in [0.29, 0.717) is 5.82 Å². The normalized spacial score (nSPS) is 11.6. The Morgan fingerprint density at radius 3 is 1.43 bits per heavy atom. The number of rotatable bonds is 6. The van der Waals surface area contributed by atoms with E-state index in [1.54, 1.807) is 0 Å². The first-order valence-electron chi connectivity index (χ1n) is 20.7. The molecule has 0 bridgehead atoms. The van der Waals surface area contributed by atoms with Gasteiger partial charge in [-0.2, -0.15) is 0 Å². The molecule has 0 N–H and O–H groups in total. The minimum absolute atomic E-state index is 0.698. The highest BCUT2D eigenvalue weighted by molar-refractivity contribution is 6.26. The van der Waals surface area contributed by atoms with Crippen molar-refractivity contribution in [2.45, 2.75) is 0 Å². The molecule has 0 spiro atoms. The summed E-state index contributed by atoms with van der Waals surface area (Å²) in [5, 5.41) is 9.82. The Labute approximate surface area is 352 Å². The van der Waals surface area contributed by atoms with Crippen LogP contribution in [0.1, 0.15) is 0 Å². The molecule has 0 saturated heterocycles. The fraction of sp³-hybridized carbons (Fsp3) is 0. The molecule has 61 heavy (non-hydrogen) atoms. The first-order valence-corrected chi connectivity index (χ1v) is 20.7. The monoisotopic (exact) mass is 776 g/mol. The average molecular weight is 777 g/mol. The van der Waals surface area contributed by atoms with Crippen LogP contribution in [0.15, 0.2) is 223 Å². The molecule has 10 aromatic carbocycles. The molecule has 284 valence electrons. The lowest BCUT2D eigenvalue weighted by atomic mass is 9.89. The third-order valence-corrected chi connectivity index (χ3v) is 12.1. The van der Waals surface area contributed by atoms with Crippen molar-refractivity contribution in [2.24, 2.45) is 0 Å². The van der Waals surface area contributed by atoms with Crippen LogP contribution in [-0.2, 0) is 0 Å². The SMILES string of the molecule is c1ccc(-c2cc(-c3cccc(-c4cccc5oc6ccc(-c7ccccc7-c7ccc8c9ccccc9c9ccccc9c8c7)cc6c45)c3)nc(-c3ccccc3)n2)cc1. The maximum Gasteiger partial charge on any atom is 0.160 e. The van der Waals surface area contributed by atoms with E-state index >= 15 is 0 Å². The van der Waals surface area contributed by atoms with Gasteiger partial charge in [0, 0.05) is 27.5 Å². The van der Waals surface area contributed by atoms with Crippen molar-refractivity contribution in [1.82, 2.24) is 9.97 Å². The highest BCUT2D eigenvalue weighted by atomic mass is 16.3. The van der Waals surface area contributed by atoms with Crippen LogP contribution < -0.4 is 0 Å². The summed E-state index contributed by atoms with van der Waals surface area (Å²) >= 11 is 0. The van der Waals surface area contributed by atoms with Gasteiger partial charge in [0.25, 0.3) is 0 Å². The Morgan fingerprint density at radius 2 is 0.738 bits per heavy atom. The van der Waals surface area contributed by atoms with Crippen molar-refractivity contribution in [3.8, 4) is 67.3 Å². The highest BCUT2D eigenvalue weighted by Gasteiger charge is 2.18. The Bertz CT molecular complexity index is 3550. The molecule has 12 rings (SSSR count). The molecule has 0 aliphatic rings. The van der Waals surface area contributed by atoms with Gasteiger partial charge in [-0.05, 0) is 102 Å². The van der Waals surface area contributed by atoms with Gasteiger partial charge in [-0.1, -0.05) is 182 Å². The molecule has 3 nitrogen and oxygen atoms in total. The van der Waals surface area contributed by atoms with Gasteiger partial charge in [0.2, 0.25) is 0 Å². The predicted octanol–water partition coefficient (Wildman–Crippen LogP) is 15.8. The average Bonchev–Trinajstić information content (AvgIpc) is 3.73. The maximum absolute atomic E-state index is 6.57. The number of nitrogens with zero attached hydrogens (tertiary/aromatic N) is 2. The molecule has 0 fully saturated rings. The summed E-state index contributed by atoms with van der Waals surface area (Å²) in [5.41, 5.74) is 13.4. The maximum atomic E-state index is 6.57. The minimum Gasteiger partial charge on any atom is -0.456 e. The highest BCUT2D eigenvalue weighted by Crippen LogP contribution is 2.43. The topological polar surface area (TPSA) is 38.9 Å². The Morgan fingerprint density at radius 1 is 0.262 bits per heavy atom. The van der Waals surface area contributed by atoms with Crippen LogP contribution in [-0.4, -0.2) is 9.97 Å². The lowest BCUT2D eigenvalue weighted by molar-refractivity contribution is 0.669. The van der Waals surface area contributed by atoms with Crippen LogP contribution in [0.4, 0.5) is 0 Å². The molecule has 3 heteroatoms. The van der Waals surface area contributed by atoms with Crippen LogP contribution in [0.25, 0.3) is 122 Å². The van der Waals surface area contributed by atoms with Crippen molar-refractivity contribution in [3.05, 3.63) is 218 Å². The summed E-state index contributed by atoms with van der Waals surface area (Å²) in [6, 6.07) is 77.5. The number of furan rings is 1. The van der Waals surface area contributed by atoms with E-state index in [9.17, 15) is 0 Å². The second kappa shape index (κ2) is 14.3. The second-order valence-electron chi connectivity index (χ2n) is 15.7. The van der Waals surface area contributed by atoms with Gasteiger partial charge in [0.15, 0.2) is 5.82 Å². The molecule has 2 aromatic heterocycles. The van der Waals surface area contributed by atoms with E-state index < -0.39 is 0 Å². The zero-order valence-corrected chi connectivity index (χ0v) is 33.1. The standard InChI is InChI=1S/C58H36N2O/c1-3-15-37(16-4-1)53-36-54(60-58(59-53)38-17-5-2-6-18-38)42-20-13-19-39(33-42)45-27-14-28-56-57(45)52-35-41(30-32-55(52)61-56)44-22-8-7-21-43(44)40-29-31-50-48-25-10-9-23-46(48)47-24-11-12-26-49(47)51(50)34-40/h1-36H. The van der Waals surface area contributed by atoms with E-state index in [4.69, 9.17) is 14.4 Å². The number of hydrogen-bond acceptors (Lipinski definition) is 3. The molecule has 0 unspecified atom stereocenters. The van der Waals surface area contributed by atoms with Gasteiger partial charge < -0.3 is 4.42 Å². The zero-order chi connectivity index (χ0) is 40.3. The van der Waals surface area contributed by atoms with Crippen LogP contribution in [0.3, 0.4) is 0 Å². The van der Waals surface area contributed by atoms with Crippen molar-refractivity contribution in [2.75, 3.05) is 0 Å². The van der Waals surface area contributed by atoms with Gasteiger partial charge in [-0.25, -0.2) is 9.97 Å². The van der Waals surface area contributed by atoms with E-state index in [1.807, 2.05) is 36.4 Å². The summed E-state index contributed by atoms with van der Waals surface area (Å²) in [5.74, 6) is 0.698. The van der Waals surface area contributed by atoms with Gasteiger partial charge in [0.1, 0.15) is 11.2 Å². The smallest absolute Gasteiger partial charge is 0.160 e. The lowest BCUT2D eigenvalue weighted by Crippen LogP contribution is -1.96. The van der Waals surface area contributed by atoms with E-state index in [1.165, 1.54) is 49.0 Å². The Kier molecular flexibility index (Phi) is 8.17. The quantitative estimate of drug-likeness (QED) is 0.158. The number of aromatic nitrogens is 2. The lowest BCUT2D eigenvalue weighted by Gasteiger charge is -2.14. The summed E-state index contributed by atoms with van der Waals surface area (Å²) < 4.78 is 6.57. The molecule has 2 heterocycles. The van der Waals surface area contributed by atoms with Crippen LogP contribution >= 0.6 is 0 Å². The van der Waals surface area contributed by atoms with Crippen LogP contribution in [0.5, 0.6) is 0 Å². The van der Waals surface area contributed by atoms with Crippen LogP contribution in [0.2, 0.25) is 0 Å². The number of hydrogen-bond donors (Lipinski definition) is 0. The summed E-state index contributed by atoms with van der Waals surface area (Å²) in [6.07, 6.45) is 0.